The van der Waals surface area contributed by atoms with E-state index in [0.29, 0.717) is 17.5 Å². The highest BCUT2D eigenvalue weighted by Gasteiger charge is 2.10. The zero-order chi connectivity index (χ0) is 24.5. The highest BCUT2D eigenvalue weighted by Crippen LogP contribution is 2.28. The van der Waals surface area contributed by atoms with Crippen molar-refractivity contribution in [3.63, 3.8) is 0 Å². The molecule has 0 bridgehead atoms. The quantitative estimate of drug-likeness (QED) is 0.187. The standard InChI is InChI=1S/C26H24O8/c1-32-20-8-2-19(3-9-20)16-33-25(30)12-6-18-5-11-24(23(29)15-18)34-26(31)13-7-17-4-10-21(27)22(28)14-17/h2-5,7-11,13-15,27-29H,6,12,16H2,1H3. The van der Waals surface area contributed by atoms with E-state index in [1.807, 2.05) is 12.1 Å². The third-order valence-electron chi connectivity index (χ3n) is 4.82. The van der Waals surface area contributed by atoms with Crippen LogP contribution in [0.2, 0.25) is 0 Å². The van der Waals surface area contributed by atoms with Crippen LogP contribution < -0.4 is 9.47 Å². The molecule has 0 heterocycles. The topological polar surface area (TPSA) is 123 Å². The second-order valence-corrected chi connectivity index (χ2v) is 7.31. The summed E-state index contributed by atoms with van der Waals surface area (Å²) in [4.78, 5) is 24.0. The van der Waals surface area contributed by atoms with Crippen LogP contribution in [-0.4, -0.2) is 34.4 Å². The van der Waals surface area contributed by atoms with Crippen LogP contribution in [0.15, 0.2) is 66.7 Å². The fourth-order valence-corrected chi connectivity index (χ4v) is 2.96. The fourth-order valence-electron chi connectivity index (χ4n) is 2.96. The predicted molar refractivity (Wildman–Crippen MR) is 124 cm³/mol. The lowest BCUT2D eigenvalue weighted by molar-refractivity contribution is -0.144. The lowest BCUT2D eigenvalue weighted by Gasteiger charge is -2.08. The van der Waals surface area contributed by atoms with Crippen molar-refractivity contribution in [2.24, 2.45) is 0 Å². The zero-order valence-electron chi connectivity index (χ0n) is 18.4. The number of rotatable bonds is 9. The highest BCUT2D eigenvalue weighted by molar-refractivity contribution is 5.89. The number of aromatic hydroxyl groups is 3. The van der Waals surface area contributed by atoms with Crippen molar-refractivity contribution in [1.29, 1.82) is 0 Å². The molecule has 0 radical (unpaired) electrons. The van der Waals surface area contributed by atoms with Gasteiger partial charge >= 0.3 is 11.9 Å². The van der Waals surface area contributed by atoms with Gasteiger partial charge < -0.3 is 29.5 Å². The van der Waals surface area contributed by atoms with E-state index in [2.05, 4.69) is 0 Å². The van der Waals surface area contributed by atoms with Crippen LogP contribution in [-0.2, 0) is 27.4 Å². The lowest BCUT2D eigenvalue weighted by atomic mass is 10.1. The number of ether oxygens (including phenoxy) is 3. The van der Waals surface area contributed by atoms with Crippen molar-refractivity contribution in [3.8, 4) is 28.7 Å². The minimum atomic E-state index is -0.738. The summed E-state index contributed by atoms with van der Waals surface area (Å²) in [6, 6.07) is 15.8. The molecule has 0 aromatic heterocycles. The van der Waals surface area contributed by atoms with Crippen LogP contribution in [0.3, 0.4) is 0 Å². The monoisotopic (exact) mass is 464 g/mol. The van der Waals surface area contributed by atoms with Gasteiger partial charge in [0.2, 0.25) is 0 Å². The van der Waals surface area contributed by atoms with Gasteiger partial charge in [-0.1, -0.05) is 24.3 Å². The molecule has 8 heteroatoms. The zero-order valence-corrected chi connectivity index (χ0v) is 18.4. The number of methoxy groups -OCH3 is 1. The molecule has 3 aromatic rings. The third-order valence-corrected chi connectivity index (χ3v) is 4.82. The first kappa shape index (κ1) is 24.2. The minimum Gasteiger partial charge on any atom is -0.504 e. The molecule has 0 aliphatic carbocycles. The molecule has 0 saturated carbocycles. The normalized spacial score (nSPS) is 10.7. The van der Waals surface area contributed by atoms with Crippen molar-refractivity contribution >= 4 is 18.0 Å². The summed E-state index contributed by atoms with van der Waals surface area (Å²) >= 11 is 0. The number of carbonyl (C=O) groups is 2. The number of phenols is 3. The van der Waals surface area contributed by atoms with Gasteiger partial charge in [0.1, 0.15) is 12.4 Å². The Morgan fingerprint density at radius 3 is 2.26 bits per heavy atom. The number of hydrogen-bond acceptors (Lipinski definition) is 8. The van der Waals surface area contributed by atoms with E-state index in [0.717, 1.165) is 17.4 Å². The third kappa shape index (κ3) is 7.03. The average molecular weight is 464 g/mol. The largest absolute Gasteiger partial charge is 0.504 e. The van der Waals surface area contributed by atoms with Crippen LogP contribution in [0, 0.1) is 0 Å². The molecule has 0 unspecified atom stereocenters. The average Bonchev–Trinajstić information content (AvgIpc) is 2.84. The summed E-state index contributed by atoms with van der Waals surface area (Å²) in [5, 5.41) is 28.9. The number of aryl methyl sites for hydroxylation is 1. The fraction of sp³-hybridized carbons (Fsp3) is 0.154. The molecular formula is C26H24O8. The molecule has 34 heavy (non-hydrogen) atoms. The van der Waals surface area contributed by atoms with E-state index in [-0.39, 0.29) is 42.0 Å². The van der Waals surface area contributed by atoms with Crippen LogP contribution in [0.4, 0.5) is 0 Å². The summed E-state index contributed by atoms with van der Waals surface area (Å²) in [7, 11) is 1.58. The molecule has 3 N–H and O–H groups in total. The maximum Gasteiger partial charge on any atom is 0.336 e. The van der Waals surface area contributed by atoms with Gasteiger partial charge in [-0.3, -0.25) is 4.79 Å². The maximum atomic E-state index is 12.0. The molecular weight excluding hydrogens is 440 g/mol. The summed E-state index contributed by atoms with van der Waals surface area (Å²) in [6.07, 6.45) is 2.98. The molecule has 0 aliphatic rings. The van der Waals surface area contributed by atoms with Gasteiger partial charge in [0.05, 0.1) is 7.11 Å². The second-order valence-electron chi connectivity index (χ2n) is 7.31. The number of carbonyl (C=O) groups excluding carboxylic acids is 2. The van der Waals surface area contributed by atoms with Gasteiger partial charge in [-0.25, -0.2) is 4.79 Å². The molecule has 3 rings (SSSR count). The number of phenolic OH excluding ortho intramolecular Hbond substituents is 3. The van der Waals surface area contributed by atoms with Crippen molar-refractivity contribution in [2.45, 2.75) is 19.4 Å². The Kier molecular flexibility index (Phi) is 8.12. The maximum absolute atomic E-state index is 12.0. The Morgan fingerprint density at radius 1 is 0.853 bits per heavy atom. The number of hydrogen-bond donors (Lipinski definition) is 3. The van der Waals surface area contributed by atoms with E-state index < -0.39 is 5.97 Å². The second kappa shape index (κ2) is 11.4. The van der Waals surface area contributed by atoms with Crippen molar-refractivity contribution < 1.29 is 39.1 Å². The Labute approximate surface area is 196 Å². The molecule has 3 aromatic carbocycles. The Hall–Kier alpha value is -4.46. The van der Waals surface area contributed by atoms with Crippen LogP contribution >= 0.6 is 0 Å². The van der Waals surface area contributed by atoms with E-state index in [1.54, 1.807) is 25.3 Å². The summed E-state index contributed by atoms with van der Waals surface area (Å²) in [6.45, 7) is 0.153. The molecule has 176 valence electrons. The van der Waals surface area contributed by atoms with Crippen LogP contribution in [0.1, 0.15) is 23.1 Å². The Balaban J connectivity index is 1.47. The first-order chi connectivity index (χ1) is 16.3. The van der Waals surface area contributed by atoms with E-state index in [9.17, 15) is 24.9 Å². The molecule has 0 amide bonds. The van der Waals surface area contributed by atoms with Gasteiger partial charge in [0.15, 0.2) is 23.0 Å². The number of benzene rings is 3. The van der Waals surface area contributed by atoms with Gasteiger partial charge in [0.25, 0.3) is 0 Å². The summed E-state index contributed by atoms with van der Waals surface area (Å²) < 4.78 is 15.5. The van der Waals surface area contributed by atoms with Crippen molar-refractivity contribution in [2.75, 3.05) is 7.11 Å². The molecule has 0 spiro atoms. The first-order valence-electron chi connectivity index (χ1n) is 10.4. The SMILES string of the molecule is COc1ccc(COC(=O)CCc2ccc(OC(=O)C=Cc3ccc(O)c(O)c3)c(O)c2)cc1. The Bertz CT molecular complexity index is 1180. The lowest BCUT2D eigenvalue weighted by Crippen LogP contribution is -2.06. The van der Waals surface area contributed by atoms with Gasteiger partial charge in [0, 0.05) is 12.5 Å². The molecule has 8 nitrogen and oxygen atoms in total. The summed E-state index contributed by atoms with van der Waals surface area (Å²) in [5.74, 6) is -1.25. The van der Waals surface area contributed by atoms with E-state index in [4.69, 9.17) is 14.2 Å². The van der Waals surface area contributed by atoms with Gasteiger partial charge in [-0.05, 0) is 65.6 Å². The van der Waals surface area contributed by atoms with Crippen molar-refractivity contribution in [3.05, 3.63) is 83.4 Å². The van der Waals surface area contributed by atoms with E-state index in [1.165, 1.54) is 36.4 Å². The highest BCUT2D eigenvalue weighted by atomic mass is 16.5. The molecule has 0 atom stereocenters. The van der Waals surface area contributed by atoms with Gasteiger partial charge in [-0.2, -0.15) is 0 Å². The van der Waals surface area contributed by atoms with Crippen molar-refractivity contribution in [1.82, 2.24) is 0 Å². The molecule has 0 aliphatic heterocycles. The van der Waals surface area contributed by atoms with Crippen LogP contribution in [0.5, 0.6) is 28.7 Å². The van der Waals surface area contributed by atoms with Gasteiger partial charge in [-0.15, -0.1) is 0 Å². The van der Waals surface area contributed by atoms with Crippen LogP contribution in [0.25, 0.3) is 6.08 Å². The Morgan fingerprint density at radius 2 is 1.59 bits per heavy atom. The molecule has 0 fully saturated rings. The number of esters is 2. The molecule has 0 saturated heterocycles. The predicted octanol–water partition coefficient (Wildman–Crippen LogP) is 4.11. The minimum absolute atomic E-state index is 0.0333. The van der Waals surface area contributed by atoms with E-state index >= 15 is 0 Å². The first-order valence-corrected chi connectivity index (χ1v) is 10.4. The summed E-state index contributed by atoms with van der Waals surface area (Å²) in [5.41, 5.74) is 1.99. The smallest absolute Gasteiger partial charge is 0.336 e.